The van der Waals surface area contributed by atoms with Crippen molar-refractivity contribution in [3.8, 4) is 0 Å². The molecule has 104 valence electrons. The molecule has 0 saturated heterocycles. The summed E-state index contributed by atoms with van der Waals surface area (Å²) in [4.78, 5) is 11.8. The molecule has 19 heavy (non-hydrogen) atoms. The molecule has 2 rings (SSSR count). The number of benzene rings is 1. The first kappa shape index (κ1) is 13.9. The Labute approximate surface area is 115 Å². The second-order valence-electron chi connectivity index (χ2n) is 6.00. The van der Waals surface area contributed by atoms with Gasteiger partial charge in [0.25, 0.3) is 5.91 Å². The van der Waals surface area contributed by atoms with E-state index in [2.05, 4.69) is 31.4 Å². The van der Waals surface area contributed by atoms with Crippen LogP contribution >= 0.6 is 0 Å². The topological polar surface area (TPSA) is 41.1 Å². The molecule has 0 spiro atoms. The summed E-state index contributed by atoms with van der Waals surface area (Å²) in [6.07, 6.45) is 3.39. The highest BCUT2D eigenvalue weighted by Gasteiger charge is 2.23. The fourth-order valence-corrected chi connectivity index (χ4v) is 2.26. The number of hydrogen-bond acceptors (Lipinski definition) is 2. The Morgan fingerprint density at radius 1 is 1.21 bits per heavy atom. The summed E-state index contributed by atoms with van der Waals surface area (Å²) >= 11 is 0. The second kappa shape index (κ2) is 6.09. The van der Waals surface area contributed by atoms with Crippen LogP contribution in [0, 0.1) is 5.92 Å². The minimum Gasteiger partial charge on any atom is -0.383 e. The average molecular weight is 260 g/mol. The van der Waals surface area contributed by atoms with E-state index in [9.17, 15) is 4.79 Å². The molecule has 0 aromatic heterocycles. The lowest BCUT2D eigenvalue weighted by atomic mass is 10.0. The number of anilines is 1. The van der Waals surface area contributed by atoms with E-state index in [-0.39, 0.29) is 5.91 Å². The quantitative estimate of drug-likeness (QED) is 0.822. The molecule has 1 aliphatic rings. The number of nitrogens with one attached hydrogen (secondary N) is 2. The van der Waals surface area contributed by atoms with Crippen LogP contribution in [0.15, 0.2) is 24.3 Å². The molecular formula is C16H24N2O. The van der Waals surface area contributed by atoms with Gasteiger partial charge in [-0.3, -0.25) is 4.79 Å². The molecule has 1 fully saturated rings. The summed E-state index contributed by atoms with van der Waals surface area (Å²) in [5, 5.41) is 6.46. The first-order valence-corrected chi connectivity index (χ1v) is 7.22. The normalized spacial score (nSPS) is 16.2. The highest BCUT2D eigenvalue weighted by Crippen LogP contribution is 2.20. The monoisotopic (exact) mass is 260 g/mol. The van der Waals surface area contributed by atoms with Gasteiger partial charge < -0.3 is 10.6 Å². The maximum Gasteiger partial charge on any atom is 0.251 e. The zero-order valence-corrected chi connectivity index (χ0v) is 12.1. The van der Waals surface area contributed by atoms with Crippen molar-refractivity contribution in [3.63, 3.8) is 0 Å². The van der Waals surface area contributed by atoms with E-state index in [0.29, 0.717) is 18.0 Å². The minimum atomic E-state index is 0.0456. The van der Waals surface area contributed by atoms with Crippen LogP contribution in [0.3, 0.4) is 0 Å². The van der Waals surface area contributed by atoms with Crippen LogP contribution in [-0.2, 0) is 0 Å². The minimum absolute atomic E-state index is 0.0456. The highest BCUT2D eigenvalue weighted by molar-refractivity contribution is 5.94. The zero-order chi connectivity index (χ0) is 13.8. The van der Waals surface area contributed by atoms with Crippen molar-refractivity contribution in [2.45, 2.75) is 52.1 Å². The van der Waals surface area contributed by atoms with Gasteiger partial charge in [-0.25, -0.2) is 0 Å². The summed E-state index contributed by atoms with van der Waals surface area (Å²) in [5.74, 6) is 0.732. The second-order valence-corrected chi connectivity index (χ2v) is 6.00. The lowest BCUT2D eigenvalue weighted by Crippen LogP contribution is -2.25. The van der Waals surface area contributed by atoms with Gasteiger partial charge in [0.2, 0.25) is 0 Å². The molecule has 1 aliphatic carbocycles. The van der Waals surface area contributed by atoms with Gasteiger partial charge in [-0.2, -0.15) is 0 Å². The van der Waals surface area contributed by atoms with Gasteiger partial charge in [-0.15, -0.1) is 0 Å². The molecule has 3 heteroatoms. The molecule has 1 saturated carbocycles. The van der Waals surface area contributed by atoms with E-state index in [0.717, 1.165) is 30.5 Å². The maximum atomic E-state index is 11.8. The van der Waals surface area contributed by atoms with Crippen LogP contribution < -0.4 is 10.6 Å². The third-order valence-electron chi connectivity index (χ3n) is 3.30. The van der Waals surface area contributed by atoms with Gasteiger partial charge in [0.15, 0.2) is 0 Å². The Kier molecular flexibility index (Phi) is 4.46. The molecule has 1 amide bonds. The smallest absolute Gasteiger partial charge is 0.251 e. The van der Waals surface area contributed by atoms with Crippen LogP contribution in [-0.4, -0.2) is 18.0 Å². The molecule has 3 nitrogen and oxygen atoms in total. The van der Waals surface area contributed by atoms with Crippen LogP contribution in [0.4, 0.5) is 5.69 Å². The Morgan fingerprint density at radius 3 is 2.37 bits per heavy atom. The van der Waals surface area contributed by atoms with E-state index >= 15 is 0 Å². The van der Waals surface area contributed by atoms with Crippen molar-refractivity contribution < 1.29 is 4.79 Å². The van der Waals surface area contributed by atoms with Crippen molar-refractivity contribution in [1.29, 1.82) is 0 Å². The molecule has 1 aromatic carbocycles. The van der Waals surface area contributed by atoms with Crippen LogP contribution in [0.25, 0.3) is 0 Å². The molecule has 0 radical (unpaired) electrons. The molecule has 0 heterocycles. The zero-order valence-electron chi connectivity index (χ0n) is 12.1. The van der Waals surface area contributed by atoms with Crippen molar-refractivity contribution in [1.82, 2.24) is 5.32 Å². The van der Waals surface area contributed by atoms with Crippen LogP contribution in [0.5, 0.6) is 0 Å². The van der Waals surface area contributed by atoms with Gasteiger partial charge in [0.1, 0.15) is 0 Å². The third-order valence-corrected chi connectivity index (χ3v) is 3.30. The summed E-state index contributed by atoms with van der Waals surface area (Å²) in [6, 6.07) is 8.61. The number of amides is 1. The van der Waals surface area contributed by atoms with Gasteiger partial charge in [0, 0.05) is 23.3 Å². The van der Waals surface area contributed by atoms with Crippen LogP contribution in [0.1, 0.15) is 50.4 Å². The predicted octanol–water partition coefficient (Wildman–Crippen LogP) is 3.43. The van der Waals surface area contributed by atoms with E-state index < -0.39 is 0 Å². The fraction of sp³-hybridized carbons (Fsp3) is 0.562. The van der Waals surface area contributed by atoms with E-state index in [1.807, 2.05) is 24.3 Å². The molecule has 2 N–H and O–H groups in total. The summed E-state index contributed by atoms with van der Waals surface area (Å²) < 4.78 is 0. The molecule has 0 aliphatic heterocycles. The Balaban J connectivity index is 1.88. The van der Waals surface area contributed by atoms with Gasteiger partial charge in [-0.05, 0) is 56.4 Å². The maximum absolute atomic E-state index is 11.8. The van der Waals surface area contributed by atoms with Crippen molar-refractivity contribution >= 4 is 11.6 Å². The standard InChI is InChI=1S/C16H24N2O/c1-11(2)10-12(3)17-14-6-4-13(5-7-14)16(19)18-15-8-9-15/h4-7,11-12,15,17H,8-10H2,1-3H3,(H,18,19). The van der Waals surface area contributed by atoms with E-state index in [1.165, 1.54) is 0 Å². The van der Waals surface area contributed by atoms with Crippen LogP contribution in [0.2, 0.25) is 0 Å². The first-order chi connectivity index (χ1) is 9.04. The number of rotatable bonds is 6. The van der Waals surface area contributed by atoms with Crippen molar-refractivity contribution in [3.05, 3.63) is 29.8 Å². The number of carbonyl (C=O) groups is 1. The highest BCUT2D eigenvalue weighted by atomic mass is 16.1. The van der Waals surface area contributed by atoms with Gasteiger partial charge >= 0.3 is 0 Å². The predicted molar refractivity (Wildman–Crippen MR) is 79.5 cm³/mol. The molecule has 0 bridgehead atoms. The Hall–Kier alpha value is -1.51. The molecule has 1 unspecified atom stereocenters. The van der Waals surface area contributed by atoms with Crippen molar-refractivity contribution in [2.24, 2.45) is 5.92 Å². The fourth-order valence-electron chi connectivity index (χ4n) is 2.26. The molecular weight excluding hydrogens is 236 g/mol. The number of carbonyl (C=O) groups excluding carboxylic acids is 1. The summed E-state index contributed by atoms with van der Waals surface area (Å²) in [6.45, 7) is 6.64. The van der Waals surface area contributed by atoms with Gasteiger partial charge in [-0.1, -0.05) is 13.8 Å². The summed E-state index contributed by atoms with van der Waals surface area (Å²) in [7, 11) is 0. The van der Waals surface area contributed by atoms with Crippen molar-refractivity contribution in [2.75, 3.05) is 5.32 Å². The SMILES string of the molecule is CC(C)CC(C)Nc1ccc(C(=O)NC2CC2)cc1. The molecule has 1 atom stereocenters. The Bertz CT molecular complexity index is 421. The van der Waals surface area contributed by atoms with E-state index in [4.69, 9.17) is 0 Å². The summed E-state index contributed by atoms with van der Waals surface area (Å²) in [5.41, 5.74) is 1.82. The number of hydrogen-bond donors (Lipinski definition) is 2. The first-order valence-electron chi connectivity index (χ1n) is 7.22. The largest absolute Gasteiger partial charge is 0.383 e. The van der Waals surface area contributed by atoms with E-state index in [1.54, 1.807) is 0 Å². The van der Waals surface area contributed by atoms with Gasteiger partial charge in [0.05, 0.1) is 0 Å². The average Bonchev–Trinajstić information content (AvgIpc) is 3.12. The Morgan fingerprint density at radius 2 is 1.84 bits per heavy atom. The molecule has 1 aromatic rings. The lowest BCUT2D eigenvalue weighted by molar-refractivity contribution is 0.0951. The third kappa shape index (κ3) is 4.58. The lowest BCUT2D eigenvalue weighted by Gasteiger charge is -2.17.